The van der Waals surface area contributed by atoms with Gasteiger partial charge in [-0.3, -0.25) is 0 Å². The van der Waals surface area contributed by atoms with Crippen molar-refractivity contribution in [3.05, 3.63) is 77.6 Å². The molecule has 1 nitrogen and oxygen atoms in total. The van der Waals surface area contributed by atoms with Gasteiger partial charge >= 0.3 is 0 Å². The molecular formula is C39H49F3O. The van der Waals surface area contributed by atoms with Gasteiger partial charge in [0.05, 0.1) is 6.61 Å². The van der Waals surface area contributed by atoms with Gasteiger partial charge in [0.1, 0.15) is 5.82 Å². The van der Waals surface area contributed by atoms with Crippen molar-refractivity contribution < 1.29 is 17.9 Å². The third-order valence-corrected chi connectivity index (χ3v) is 10.4. The van der Waals surface area contributed by atoms with Crippen LogP contribution in [0.3, 0.4) is 0 Å². The minimum atomic E-state index is -0.991. The van der Waals surface area contributed by atoms with Gasteiger partial charge in [-0.2, -0.15) is 4.39 Å². The fraction of sp³-hybridized carbons (Fsp3) is 0.538. The zero-order valence-corrected chi connectivity index (χ0v) is 26.2. The predicted octanol–water partition coefficient (Wildman–Crippen LogP) is 12.3. The SMILES string of the molecule is CCCCCCCC1CCC(C2CCC(c3ccc(-c4ccc(-c5ccc(OCC)c(F)c5F)cc4)c(F)c3)CC2)CC1. The summed E-state index contributed by atoms with van der Waals surface area (Å²) in [5.41, 5.74) is 3.05. The zero-order valence-electron chi connectivity index (χ0n) is 26.2. The molecule has 2 aliphatic rings. The van der Waals surface area contributed by atoms with Gasteiger partial charge in [0.15, 0.2) is 11.6 Å². The molecule has 2 aliphatic carbocycles. The van der Waals surface area contributed by atoms with E-state index in [0.717, 1.165) is 41.7 Å². The standard InChI is InChI=1S/C39H49F3O/c1-3-5-6-7-8-9-27-10-12-28(13-11-27)29-14-16-30(17-15-29)33-22-23-34(36(40)26-33)31-18-20-32(21-19-31)35-24-25-37(43-4-2)39(42)38(35)41/h18-30H,3-17H2,1-2H3. The molecular weight excluding hydrogens is 541 g/mol. The molecule has 0 unspecified atom stereocenters. The maximum atomic E-state index is 15.4. The first-order chi connectivity index (χ1) is 21.0. The number of unbranched alkanes of at least 4 members (excludes halogenated alkanes) is 4. The Morgan fingerprint density at radius 2 is 1.23 bits per heavy atom. The van der Waals surface area contributed by atoms with Crippen LogP contribution in [0.25, 0.3) is 22.3 Å². The van der Waals surface area contributed by atoms with Gasteiger partial charge in [-0.15, -0.1) is 0 Å². The van der Waals surface area contributed by atoms with Crippen molar-refractivity contribution >= 4 is 0 Å². The Hall–Kier alpha value is -2.75. The van der Waals surface area contributed by atoms with Crippen molar-refractivity contribution in [3.8, 4) is 28.0 Å². The van der Waals surface area contributed by atoms with Gasteiger partial charge in [0.2, 0.25) is 5.82 Å². The van der Waals surface area contributed by atoms with Crippen molar-refractivity contribution in [2.24, 2.45) is 17.8 Å². The number of benzene rings is 3. The topological polar surface area (TPSA) is 9.23 Å². The van der Waals surface area contributed by atoms with Crippen molar-refractivity contribution in [2.45, 2.75) is 110 Å². The van der Waals surface area contributed by atoms with Crippen LogP contribution < -0.4 is 4.74 Å². The van der Waals surface area contributed by atoms with Crippen LogP contribution in [0.5, 0.6) is 5.75 Å². The second-order valence-electron chi connectivity index (χ2n) is 13.1. The summed E-state index contributed by atoms with van der Waals surface area (Å²) < 4.78 is 49.6. The van der Waals surface area contributed by atoms with Crippen molar-refractivity contribution in [1.29, 1.82) is 0 Å². The molecule has 0 aromatic heterocycles. The van der Waals surface area contributed by atoms with E-state index in [9.17, 15) is 8.78 Å². The Kier molecular flexibility index (Phi) is 11.3. The average molecular weight is 591 g/mol. The summed E-state index contributed by atoms with van der Waals surface area (Å²) in [6.45, 7) is 4.27. The first-order valence-electron chi connectivity index (χ1n) is 17.0. The maximum Gasteiger partial charge on any atom is 0.201 e. The van der Waals surface area contributed by atoms with E-state index in [-0.39, 0.29) is 23.7 Å². The highest BCUT2D eigenvalue weighted by molar-refractivity contribution is 5.71. The predicted molar refractivity (Wildman–Crippen MR) is 172 cm³/mol. The smallest absolute Gasteiger partial charge is 0.201 e. The highest BCUT2D eigenvalue weighted by Gasteiger charge is 2.31. The fourth-order valence-corrected chi connectivity index (χ4v) is 7.78. The third-order valence-electron chi connectivity index (χ3n) is 10.4. The van der Waals surface area contributed by atoms with Crippen LogP contribution in [-0.2, 0) is 0 Å². The van der Waals surface area contributed by atoms with Crippen LogP contribution in [0.1, 0.15) is 115 Å². The zero-order chi connectivity index (χ0) is 30.2. The summed E-state index contributed by atoms with van der Waals surface area (Å²) in [4.78, 5) is 0. The van der Waals surface area contributed by atoms with Gasteiger partial charge in [-0.05, 0) is 104 Å². The molecule has 3 aromatic rings. The summed E-state index contributed by atoms with van der Waals surface area (Å²) in [5, 5.41) is 0. The second kappa shape index (κ2) is 15.3. The molecule has 4 heteroatoms. The van der Waals surface area contributed by atoms with E-state index in [2.05, 4.69) is 13.0 Å². The summed E-state index contributed by atoms with van der Waals surface area (Å²) in [5.74, 6) is 0.882. The molecule has 0 amide bonds. The monoisotopic (exact) mass is 590 g/mol. The molecule has 0 aliphatic heterocycles. The Balaban J connectivity index is 1.13. The second-order valence-corrected chi connectivity index (χ2v) is 13.1. The summed E-state index contributed by atoms with van der Waals surface area (Å²) in [7, 11) is 0. The Morgan fingerprint density at radius 3 is 1.86 bits per heavy atom. The molecule has 0 heterocycles. The molecule has 3 aromatic carbocycles. The van der Waals surface area contributed by atoms with Crippen LogP contribution >= 0.6 is 0 Å². The van der Waals surface area contributed by atoms with E-state index in [1.54, 1.807) is 37.3 Å². The molecule has 43 heavy (non-hydrogen) atoms. The lowest BCUT2D eigenvalue weighted by Gasteiger charge is -2.38. The molecule has 2 fully saturated rings. The first kappa shape index (κ1) is 31.7. The van der Waals surface area contributed by atoms with E-state index in [1.807, 2.05) is 6.07 Å². The van der Waals surface area contributed by atoms with Gasteiger partial charge < -0.3 is 4.74 Å². The van der Waals surface area contributed by atoms with Crippen LogP contribution in [0.2, 0.25) is 0 Å². The summed E-state index contributed by atoms with van der Waals surface area (Å²) >= 11 is 0. The quantitative estimate of drug-likeness (QED) is 0.191. The minimum absolute atomic E-state index is 0.0954. The number of ether oxygens (including phenoxy) is 1. The van der Waals surface area contributed by atoms with Crippen LogP contribution in [0.4, 0.5) is 13.2 Å². The van der Waals surface area contributed by atoms with Crippen molar-refractivity contribution in [2.75, 3.05) is 6.61 Å². The van der Waals surface area contributed by atoms with Crippen molar-refractivity contribution in [3.63, 3.8) is 0 Å². The van der Waals surface area contributed by atoms with E-state index in [0.29, 0.717) is 17.0 Å². The Bertz CT molecular complexity index is 1300. The summed E-state index contributed by atoms with van der Waals surface area (Å²) in [6.07, 6.45) is 18.9. The number of rotatable bonds is 12. The highest BCUT2D eigenvalue weighted by Crippen LogP contribution is 2.45. The molecule has 0 radical (unpaired) electrons. The number of hydrogen-bond donors (Lipinski definition) is 0. The maximum absolute atomic E-state index is 15.4. The van der Waals surface area contributed by atoms with E-state index in [1.165, 1.54) is 89.2 Å². The minimum Gasteiger partial charge on any atom is -0.491 e. The first-order valence-corrected chi connectivity index (χ1v) is 17.0. The fourth-order valence-electron chi connectivity index (χ4n) is 7.78. The van der Waals surface area contributed by atoms with Gasteiger partial charge in [0.25, 0.3) is 0 Å². The van der Waals surface area contributed by atoms with Gasteiger partial charge in [-0.1, -0.05) is 94.7 Å². The molecule has 232 valence electrons. The molecule has 0 N–H and O–H groups in total. The van der Waals surface area contributed by atoms with Gasteiger partial charge in [0, 0.05) is 11.1 Å². The van der Waals surface area contributed by atoms with E-state index >= 15 is 4.39 Å². The molecule has 0 saturated heterocycles. The lowest BCUT2D eigenvalue weighted by atomic mass is 9.68. The van der Waals surface area contributed by atoms with Crippen LogP contribution in [-0.4, -0.2) is 6.61 Å². The number of halogens is 3. The number of hydrogen-bond acceptors (Lipinski definition) is 1. The van der Waals surface area contributed by atoms with Crippen molar-refractivity contribution in [1.82, 2.24) is 0 Å². The molecule has 5 rings (SSSR count). The Labute approximate surface area is 257 Å². The molecule has 0 spiro atoms. The molecule has 2 saturated carbocycles. The Morgan fingerprint density at radius 1 is 0.628 bits per heavy atom. The van der Waals surface area contributed by atoms with Crippen LogP contribution in [0.15, 0.2) is 54.6 Å². The van der Waals surface area contributed by atoms with Gasteiger partial charge in [-0.25, -0.2) is 8.78 Å². The largest absolute Gasteiger partial charge is 0.491 e. The lowest BCUT2D eigenvalue weighted by Crippen LogP contribution is -2.25. The molecule has 0 bridgehead atoms. The lowest BCUT2D eigenvalue weighted by molar-refractivity contribution is 0.155. The van der Waals surface area contributed by atoms with E-state index < -0.39 is 11.6 Å². The highest BCUT2D eigenvalue weighted by atomic mass is 19.2. The third kappa shape index (κ3) is 7.86. The molecule has 0 atom stereocenters. The average Bonchev–Trinajstić information content (AvgIpc) is 3.04. The normalized spacial score (nSPS) is 22.4. The summed E-state index contributed by atoms with van der Waals surface area (Å²) in [6, 6.07) is 15.6. The van der Waals surface area contributed by atoms with Crippen LogP contribution in [0, 0.1) is 35.2 Å². The van der Waals surface area contributed by atoms with E-state index in [4.69, 9.17) is 4.74 Å².